The summed E-state index contributed by atoms with van der Waals surface area (Å²) in [5.41, 5.74) is 5.64. The molecule has 2 heteroatoms. The minimum Gasteiger partial charge on any atom is -0.330 e. The molecule has 3 N–H and O–H groups in total. The first-order valence-corrected chi connectivity index (χ1v) is 7.44. The Morgan fingerprint density at radius 1 is 1.12 bits per heavy atom. The van der Waals surface area contributed by atoms with Crippen molar-refractivity contribution in [2.45, 2.75) is 60.3 Å². The van der Waals surface area contributed by atoms with Crippen molar-refractivity contribution in [2.75, 3.05) is 20.1 Å². The molecule has 1 aliphatic carbocycles. The molecule has 0 spiro atoms. The van der Waals surface area contributed by atoms with Gasteiger partial charge in [0.2, 0.25) is 0 Å². The lowest BCUT2D eigenvalue weighted by molar-refractivity contribution is 0.268. The molecule has 0 amide bonds. The van der Waals surface area contributed by atoms with Gasteiger partial charge in [0.1, 0.15) is 0 Å². The number of rotatable bonds is 3. The highest BCUT2D eigenvalue weighted by atomic mass is 14.8. The minimum atomic E-state index is 0.807. The quantitative estimate of drug-likeness (QED) is 0.795. The van der Waals surface area contributed by atoms with Crippen molar-refractivity contribution in [3.63, 3.8) is 0 Å². The zero-order chi connectivity index (χ0) is 13.7. The van der Waals surface area contributed by atoms with Crippen LogP contribution in [0.4, 0.5) is 0 Å². The van der Waals surface area contributed by atoms with Gasteiger partial charge in [0.15, 0.2) is 0 Å². The van der Waals surface area contributed by atoms with Gasteiger partial charge >= 0.3 is 0 Å². The maximum Gasteiger partial charge on any atom is -0.00234 e. The number of hydrogen-bond acceptors (Lipinski definition) is 2. The molecular formula is C15H36N2. The molecule has 0 saturated heterocycles. The van der Waals surface area contributed by atoms with Gasteiger partial charge in [-0.3, -0.25) is 0 Å². The Labute approximate surface area is 110 Å². The van der Waals surface area contributed by atoms with Crippen LogP contribution in [0.2, 0.25) is 0 Å². The minimum absolute atomic E-state index is 0.807. The summed E-state index contributed by atoms with van der Waals surface area (Å²) < 4.78 is 0. The Morgan fingerprint density at radius 2 is 1.59 bits per heavy atom. The highest BCUT2D eigenvalue weighted by Crippen LogP contribution is 2.27. The molecule has 0 aromatic rings. The molecule has 0 aliphatic heterocycles. The van der Waals surface area contributed by atoms with E-state index in [1.807, 2.05) is 20.9 Å². The average Bonchev–Trinajstić information content (AvgIpc) is 2.32. The largest absolute Gasteiger partial charge is 0.330 e. The molecule has 0 radical (unpaired) electrons. The molecule has 1 saturated carbocycles. The van der Waals surface area contributed by atoms with E-state index in [4.69, 9.17) is 5.73 Å². The van der Waals surface area contributed by atoms with E-state index in [9.17, 15) is 0 Å². The Hall–Kier alpha value is -0.0800. The van der Waals surface area contributed by atoms with Crippen LogP contribution in [0.1, 0.15) is 60.3 Å². The van der Waals surface area contributed by atoms with Gasteiger partial charge in [0, 0.05) is 0 Å². The van der Waals surface area contributed by atoms with Gasteiger partial charge in [-0.25, -0.2) is 0 Å². The van der Waals surface area contributed by atoms with E-state index >= 15 is 0 Å². The molecule has 0 bridgehead atoms. The van der Waals surface area contributed by atoms with E-state index in [0.29, 0.717) is 0 Å². The smallest absolute Gasteiger partial charge is 0.00234 e. The summed E-state index contributed by atoms with van der Waals surface area (Å²) in [4.78, 5) is 0. The van der Waals surface area contributed by atoms with Gasteiger partial charge in [-0.1, -0.05) is 41.0 Å². The highest BCUT2D eigenvalue weighted by molar-refractivity contribution is 4.74. The molecule has 2 atom stereocenters. The Kier molecular flexibility index (Phi) is 15.8. The van der Waals surface area contributed by atoms with E-state index in [1.165, 1.54) is 32.2 Å². The molecule has 0 aromatic heterocycles. The maximum absolute atomic E-state index is 5.64. The molecular weight excluding hydrogens is 208 g/mol. The average molecular weight is 244 g/mol. The fraction of sp³-hybridized carbons (Fsp3) is 1.00. The maximum atomic E-state index is 5.64. The Morgan fingerprint density at radius 3 is 2.00 bits per heavy atom. The van der Waals surface area contributed by atoms with Crippen LogP contribution in [-0.2, 0) is 0 Å². The monoisotopic (exact) mass is 244 g/mol. The second kappa shape index (κ2) is 14.0. The molecule has 1 aliphatic rings. The van der Waals surface area contributed by atoms with Gasteiger partial charge in [-0.05, 0) is 57.2 Å². The summed E-state index contributed by atoms with van der Waals surface area (Å²) in [7, 11) is 2.03. The van der Waals surface area contributed by atoms with Crippen molar-refractivity contribution < 1.29 is 0 Å². The van der Waals surface area contributed by atoms with E-state index in [2.05, 4.69) is 26.1 Å². The zero-order valence-electron chi connectivity index (χ0n) is 13.1. The predicted octanol–water partition coefficient (Wildman–Crippen LogP) is 3.66. The second-order valence-corrected chi connectivity index (χ2v) is 5.42. The fourth-order valence-corrected chi connectivity index (χ4v) is 2.09. The molecule has 2 unspecified atom stereocenters. The first-order chi connectivity index (χ1) is 8.10. The van der Waals surface area contributed by atoms with Gasteiger partial charge in [-0.15, -0.1) is 0 Å². The van der Waals surface area contributed by atoms with Gasteiger partial charge < -0.3 is 11.1 Å². The highest BCUT2D eigenvalue weighted by Gasteiger charge is 2.19. The lowest BCUT2D eigenvalue weighted by atomic mass is 9.81. The van der Waals surface area contributed by atoms with Crippen molar-refractivity contribution >= 4 is 0 Å². The number of nitrogens with two attached hydrogens (primary N) is 1. The summed E-state index contributed by atoms with van der Waals surface area (Å²) in [5, 5.41) is 3.24. The van der Waals surface area contributed by atoms with Crippen molar-refractivity contribution in [3.8, 4) is 0 Å². The number of hydrogen-bond donors (Lipinski definition) is 2. The van der Waals surface area contributed by atoms with E-state index in [1.54, 1.807) is 0 Å². The molecule has 0 heterocycles. The molecule has 17 heavy (non-hydrogen) atoms. The third-order valence-electron chi connectivity index (χ3n) is 2.72. The standard InChI is InChI=1S/C9H20N2.C4H10.C2H6/c1-11-7-9-4-2-3-8(5-9)6-10;1-4(2)3;1-2/h8-9,11H,2-7,10H2,1H3;4H,1-3H3;1-2H3. The van der Waals surface area contributed by atoms with Gasteiger partial charge in [-0.2, -0.15) is 0 Å². The van der Waals surface area contributed by atoms with Crippen LogP contribution in [-0.4, -0.2) is 20.1 Å². The summed E-state index contributed by atoms with van der Waals surface area (Å²) in [6, 6.07) is 0. The van der Waals surface area contributed by atoms with Crippen molar-refractivity contribution in [2.24, 2.45) is 23.5 Å². The normalized spacial score (nSPS) is 23.3. The predicted molar refractivity (Wildman–Crippen MR) is 80.3 cm³/mol. The third-order valence-corrected chi connectivity index (χ3v) is 2.72. The first kappa shape index (κ1) is 19.3. The Bertz CT molecular complexity index is 130. The first-order valence-electron chi connectivity index (χ1n) is 7.44. The van der Waals surface area contributed by atoms with Gasteiger partial charge in [0.05, 0.1) is 0 Å². The summed E-state index contributed by atoms with van der Waals surface area (Å²) in [6.45, 7) is 12.6. The fourth-order valence-electron chi connectivity index (χ4n) is 2.09. The number of nitrogens with one attached hydrogen (secondary N) is 1. The second-order valence-electron chi connectivity index (χ2n) is 5.42. The zero-order valence-corrected chi connectivity index (χ0v) is 13.1. The van der Waals surface area contributed by atoms with Crippen LogP contribution in [0.5, 0.6) is 0 Å². The van der Waals surface area contributed by atoms with Gasteiger partial charge in [0.25, 0.3) is 0 Å². The summed E-state index contributed by atoms with van der Waals surface area (Å²) in [5.74, 6) is 2.53. The molecule has 106 valence electrons. The van der Waals surface area contributed by atoms with E-state index in [0.717, 1.165) is 24.3 Å². The van der Waals surface area contributed by atoms with Crippen LogP contribution in [0.25, 0.3) is 0 Å². The van der Waals surface area contributed by atoms with Crippen LogP contribution >= 0.6 is 0 Å². The van der Waals surface area contributed by atoms with Crippen molar-refractivity contribution in [1.82, 2.24) is 5.32 Å². The lowest BCUT2D eigenvalue weighted by Crippen LogP contribution is -2.28. The lowest BCUT2D eigenvalue weighted by Gasteiger charge is -2.27. The van der Waals surface area contributed by atoms with Crippen LogP contribution in [0.15, 0.2) is 0 Å². The Balaban J connectivity index is 0. The van der Waals surface area contributed by atoms with E-state index < -0.39 is 0 Å². The topological polar surface area (TPSA) is 38.0 Å². The molecule has 1 fully saturated rings. The third kappa shape index (κ3) is 13.9. The van der Waals surface area contributed by atoms with Crippen LogP contribution in [0.3, 0.4) is 0 Å². The molecule has 2 nitrogen and oxygen atoms in total. The summed E-state index contributed by atoms with van der Waals surface area (Å²) >= 11 is 0. The van der Waals surface area contributed by atoms with E-state index in [-0.39, 0.29) is 0 Å². The summed E-state index contributed by atoms with van der Waals surface area (Å²) in [6.07, 6.45) is 5.49. The van der Waals surface area contributed by atoms with Crippen LogP contribution in [0, 0.1) is 17.8 Å². The van der Waals surface area contributed by atoms with Crippen molar-refractivity contribution in [1.29, 1.82) is 0 Å². The molecule has 0 aromatic carbocycles. The SMILES string of the molecule is CC.CC(C)C.CNCC1CCCC(CN)C1. The molecule has 1 rings (SSSR count). The van der Waals surface area contributed by atoms with Crippen molar-refractivity contribution in [3.05, 3.63) is 0 Å². The van der Waals surface area contributed by atoms with Crippen LogP contribution < -0.4 is 11.1 Å².